The number of aromatic amines is 1. The minimum absolute atomic E-state index is 0.00688. The first-order valence-corrected chi connectivity index (χ1v) is 26.4. The van der Waals surface area contributed by atoms with E-state index in [9.17, 15) is 10.1 Å². The van der Waals surface area contributed by atoms with Gasteiger partial charge in [0.25, 0.3) is 14.1 Å². The third kappa shape index (κ3) is 11.1. The maximum atomic E-state index is 13.6. The number of benzene rings is 3. The molecule has 0 saturated carbocycles. The summed E-state index contributed by atoms with van der Waals surface area (Å²) >= 11 is 0. The summed E-state index contributed by atoms with van der Waals surface area (Å²) in [5.41, 5.74) is 1.53. The molecule has 1 aliphatic rings. The van der Waals surface area contributed by atoms with E-state index in [4.69, 9.17) is 37.4 Å². The molecular weight excluding hydrogens is 862 g/mol. The van der Waals surface area contributed by atoms with E-state index in [0.717, 1.165) is 16.7 Å². The zero-order chi connectivity index (χ0) is 46.9. The summed E-state index contributed by atoms with van der Waals surface area (Å²) in [5, 5.41) is 12.6. The monoisotopic (exact) mass is 927 g/mol. The second-order valence-corrected chi connectivity index (χ2v) is 24.2. The number of fused-ring (bicyclic) bond motifs is 1. The molecule has 1 aliphatic heterocycles. The Morgan fingerprint density at radius 1 is 0.938 bits per heavy atom. The number of hydrogen-bond acceptors (Lipinski definition) is 13. The van der Waals surface area contributed by atoms with Crippen molar-refractivity contribution in [2.45, 2.75) is 103 Å². The average Bonchev–Trinajstić information content (AvgIpc) is 3.87. The van der Waals surface area contributed by atoms with E-state index >= 15 is 0 Å². The van der Waals surface area contributed by atoms with E-state index in [1.807, 2.05) is 66.7 Å². The molecule has 0 spiro atoms. The van der Waals surface area contributed by atoms with Gasteiger partial charge in [0.2, 0.25) is 5.95 Å². The minimum Gasteiger partial charge on any atom is -0.497 e. The summed E-state index contributed by atoms with van der Waals surface area (Å²) in [7, 11) is -1.07. The quantitative estimate of drug-likeness (QED) is 0.0292. The molecule has 1 saturated heterocycles. The van der Waals surface area contributed by atoms with Gasteiger partial charge in [0.15, 0.2) is 25.7 Å². The molecule has 17 heteroatoms. The second kappa shape index (κ2) is 21.7. The van der Waals surface area contributed by atoms with Crippen molar-refractivity contribution in [1.82, 2.24) is 24.2 Å². The van der Waals surface area contributed by atoms with Crippen molar-refractivity contribution in [3.8, 4) is 17.6 Å². The smallest absolute Gasteiger partial charge is 0.280 e. The fourth-order valence-electron chi connectivity index (χ4n) is 7.52. The van der Waals surface area contributed by atoms with Gasteiger partial charge >= 0.3 is 0 Å². The minimum atomic E-state index is -2.62. The number of H-pyrrole nitrogens is 1. The van der Waals surface area contributed by atoms with Gasteiger partial charge in [-0.2, -0.15) is 10.2 Å². The highest BCUT2D eigenvalue weighted by atomic mass is 31.2. The van der Waals surface area contributed by atoms with Gasteiger partial charge in [0.1, 0.15) is 35.4 Å². The number of imidazole rings is 1. The molecule has 5 aromatic rings. The van der Waals surface area contributed by atoms with Crippen LogP contribution in [0.15, 0.2) is 90.0 Å². The van der Waals surface area contributed by atoms with Crippen LogP contribution in [0.4, 0.5) is 5.95 Å². The molecule has 1 fully saturated rings. The predicted octanol–water partition coefficient (Wildman–Crippen LogP) is 9.39. The summed E-state index contributed by atoms with van der Waals surface area (Å²) < 4.78 is 51.1. The normalized spacial score (nSPS) is 18.6. The topological polar surface area (TPSA) is 167 Å². The highest BCUT2D eigenvalue weighted by molar-refractivity contribution is 7.44. The number of nitriles is 1. The van der Waals surface area contributed by atoms with Crippen LogP contribution in [0.25, 0.3) is 11.2 Å². The summed E-state index contributed by atoms with van der Waals surface area (Å²) in [6.07, 6.45) is -1.43. The molecule has 0 aliphatic carbocycles. The lowest BCUT2D eigenvalue weighted by molar-refractivity contribution is -0.0924. The van der Waals surface area contributed by atoms with E-state index in [0.29, 0.717) is 48.6 Å². The number of nitrogens with zero attached hydrogens (tertiary/aromatic N) is 5. The SMILES string of the molecule is CCN(CC)P(OCCC#N)O[C@H]1[C@@H](O[Si](C)(C)C(C)(C)C)[C@H](n2cnc3c(=O)[nH]c(NCC(C)C)nc32)O[C@@H]1COC(c1ccccc1)(c1ccc(OC)cc1)c1ccc(OC)cc1. The Labute approximate surface area is 385 Å². The molecule has 2 aromatic heterocycles. The Morgan fingerprint density at radius 2 is 1.54 bits per heavy atom. The van der Waals surface area contributed by atoms with E-state index in [2.05, 4.69) is 99.7 Å². The Balaban J connectivity index is 1.56. The number of hydrogen-bond donors (Lipinski definition) is 2. The van der Waals surface area contributed by atoms with Gasteiger partial charge < -0.3 is 37.7 Å². The van der Waals surface area contributed by atoms with Gasteiger partial charge in [-0.25, -0.2) is 9.65 Å². The fraction of sp³-hybridized carbons (Fsp3) is 0.500. The molecule has 3 heterocycles. The zero-order valence-electron chi connectivity index (χ0n) is 39.7. The summed E-state index contributed by atoms with van der Waals surface area (Å²) in [5.74, 6) is 2.04. The van der Waals surface area contributed by atoms with Gasteiger partial charge in [-0.15, -0.1) is 0 Å². The molecule has 65 heavy (non-hydrogen) atoms. The first-order chi connectivity index (χ1) is 31.1. The first kappa shape index (κ1) is 49.7. The van der Waals surface area contributed by atoms with Gasteiger partial charge in [0.05, 0.1) is 46.3 Å². The first-order valence-electron chi connectivity index (χ1n) is 22.3. The van der Waals surface area contributed by atoms with Gasteiger partial charge in [-0.05, 0) is 65.0 Å². The number of anilines is 1. The second-order valence-electron chi connectivity index (χ2n) is 17.9. The lowest BCUT2D eigenvalue weighted by Crippen LogP contribution is -2.49. The van der Waals surface area contributed by atoms with Crippen LogP contribution in [-0.2, 0) is 28.5 Å². The number of ether oxygens (including phenoxy) is 4. The van der Waals surface area contributed by atoms with Crippen molar-refractivity contribution < 1.29 is 32.4 Å². The van der Waals surface area contributed by atoms with Crippen LogP contribution in [0.2, 0.25) is 18.1 Å². The van der Waals surface area contributed by atoms with Gasteiger partial charge in [-0.3, -0.25) is 14.3 Å². The lowest BCUT2D eigenvalue weighted by atomic mass is 9.80. The molecule has 0 bridgehead atoms. The standard InChI is InChI=1S/C48H66N7O8PSi/c1-12-54(13-2)64(60-29-17-28-49)62-41-39(31-59-48(34-18-15-14-16-19-34,35-20-24-37(57-8)25-21-35)36-22-26-38(58-9)27-23-36)61-45(42(41)63-65(10,11)47(5,6)7)55-32-51-40-43(55)52-46(53-44(40)56)50-30-33(3)4/h14-16,18-27,32-33,39,41-42,45H,12-13,17,29-31H2,1-11H3,(H2,50,52,53,56)/t39-,41-,42-,45-,64?/m1/s1. The van der Waals surface area contributed by atoms with Crippen molar-refractivity contribution in [2.75, 3.05) is 52.4 Å². The Bertz CT molecular complexity index is 2330. The third-order valence-electron chi connectivity index (χ3n) is 12.1. The van der Waals surface area contributed by atoms with E-state index < -0.39 is 47.0 Å². The van der Waals surface area contributed by atoms with Crippen molar-refractivity contribution in [1.29, 1.82) is 5.26 Å². The lowest BCUT2D eigenvalue weighted by Gasteiger charge is -2.41. The molecule has 0 amide bonds. The van der Waals surface area contributed by atoms with Crippen molar-refractivity contribution in [2.24, 2.45) is 5.92 Å². The van der Waals surface area contributed by atoms with Crippen LogP contribution in [0.1, 0.15) is 77.8 Å². The zero-order valence-corrected chi connectivity index (χ0v) is 41.6. The van der Waals surface area contributed by atoms with Crippen LogP contribution in [0.5, 0.6) is 11.5 Å². The maximum Gasteiger partial charge on any atom is 0.280 e. The molecule has 350 valence electrons. The Hall–Kier alpha value is -4.69. The molecular formula is C48H66N7O8PSi. The van der Waals surface area contributed by atoms with Crippen molar-refractivity contribution >= 4 is 34.0 Å². The van der Waals surface area contributed by atoms with Crippen LogP contribution in [-0.4, -0.2) is 97.9 Å². The molecule has 15 nitrogen and oxygen atoms in total. The molecule has 2 N–H and O–H groups in total. The van der Waals surface area contributed by atoms with Crippen LogP contribution in [0, 0.1) is 17.2 Å². The highest BCUT2D eigenvalue weighted by Gasteiger charge is 2.54. The fourth-order valence-corrected chi connectivity index (χ4v) is 10.3. The largest absolute Gasteiger partial charge is 0.497 e. The summed E-state index contributed by atoms with van der Waals surface area (Å²) in [6.45, 7) is 21.3. The number of nitrogens with one attached hydrogen (secondary N) is 2. The van der Waals surface area contributed by atoms with Crippen LogP contribution < -0.4 is 20.3 Å². The molecule has 5 atom stereocenters. The van der Waals surface area contributed by atoms with Crippen LogP contribution >= 0.6 is 8.53 Å². The summed E-state index contributed by atoms with van der Waals surface area (Å²) in [4.78, 5) is 25.9. The number of aromatic nitrogens is 4. The van der Waals surface area contributed by atoms with Gasteiger partial charge in [-0.1, -0.05) is 103 Å². The van der Waals surface area contributed by atoms with E-state index in [-0.39, 0.29) is 35.7 Å². The van der Waals surface area contributed by atoms with Gasteiger partial charge in [0, 0.05) is 19.6 Å². The van der Waals surface area contributed by atoms with E-state index in [1.54, 1.807) is 25.1 Å². The predicted molar refractivity (Wildman–Crippen MR) is 257 cm³/mol. The van der Waals surface area contributed by atoms with Crippen LogP contribution in [0.3, 0.4) is 0 Å². The summed E-state index contributed by atoms with van der Waals surface area (Å²) in [6, 6.07) is 28.0. The average molecular weight is 928 g/mol. The van der Waals surface area contributed by atoms with E-state index in [1.165, 1.54) is 0 Å². The Morgan fingerprint density at radius 3 is 2.08 bits per heavy atom. The van der Waals surface area contributed by atoms with Crippen molar-refractivity contribution in [3.05, 3.63) is 112 Å². The molecule has 0 radical (unpaired) electrons. The number of rotatable bonds is 22. The maximum absolute atomic E-state index is 13.6. The van der Waals surface area contributed by atoms with Crippen molar-refractivity contribution in [3.63, 3.8) is 0 Å². The molecule has 3 aromatic carbocycles. The highest BCUT2D eigenvalue weighted by Crippen LogP contribution is 2.51. The number of methoxy groups -OCH3 is 2. The Kier molecular flexibility index (Phi) is 16.6. The molecule has 1 unspecified atom stereocenters. The molecule has 6 rings (SSSR count). The third-order valence-corrected chi connectivity index (χ3v) is 18.5.